The van der Waals surface area contributed by atoms with E-state index < -0.39 is 0 Å². The molecule has 2 N–H and O–H groups in total. The molecule has 2 amide bonds. The normalized spacial score (nSPS) is 24.9. The van der Waals surface area contributed by atoms with Crippen molar-refractivity contribution in [2.75, 3.05) is 13.1 Å². The van der Waals surface area contributed by atoms with E-state index in [1.807, 2.05) is 65.6 Å². The monoisotopic (exact) mass is 391 g/mol. The minimum absolute atomic E-state index is 0.0677. The highest BCUT2D eigenvalue weighted by Gasteiger charge is 2.41. The lowest BCUT2D eigenvalue weighted by Gasteiger charge is -2.41. The van der Waals surface area contributed by atoms with Crippen molar-refractivity contribution in [3.63, 3.8) is 0 Å². The standard InChI is InChI=1S/C24H29N3O2/c28-22-14-13-21(24(29)26-20-12-7-15-25-16-20)23(19-10-5-2-6-11-19)27(22)17-18-8-3-1-4-9-18/h1-6,8-11,20-21,23,25H,7,12-17H2,(H,26,29). The molecule has 3 unspecified atom stereocenters. The Bertz CT molecular complexity index is 819. The zero-order valence-electron chi connectivity index (χ0n) is 16.7. The molecular weight excluding hydrogens is 362 g/mol. The maximum Gasteiger partial charge on any atom is 0.225 e. The van der Waals surface area contributed by atoms with Crippen molar-refractivity contribution in [1.29, 1.82) is 0 Å². The van der Waals surface area contributed by atoms with Crippen molar-refractivity contribution in [2.24, 2.45) is 5.92 Å². The van der Waals surface area contributed by atoms with Gasteiger partial charge in [0.05, 0.1) is 12.0 Å². The summed E-state index contributed by atoms with van der Waals surface area (Å²) in [6.45, 7) is 2.36. The van der Waals surface area contributed by atoms with Gasteiger partial charge in [0.1, 0.15) is 0 Å². The van der Waals surface area contributed by atoms with Gasteiger partial charge in [0.2, 0.25) is 11.8 Å². The number of piperidine rings is 2. The largest absolute Gasteiger partial charge is 0.352 e. The third kappa shape index (κ3) is 4.67. The van der Waals surface area contributed by atoms with Gasteiger partial charge in [-0.2, -0.15) is 0 Å². The molecule has 0 aromatic heterocycles. The number of rotatable bonds is 5. The smallest absolute Gasteiger partial charge is 0.225 e. The Balaban J connectivity index is 1.60. The van der Waals surface area contributed by atoms with E-state index in [9.17, 15) is 9.59 Å². The summed E-state index contributed by atoms with van der Waals surface area (Å²) in [5.41, 5.74) is 2.11. The number of hydrogen-bond donors (Lipinski definition) is 2. The first kappa shape index (κ1) is 19.6. The van der Waals surface area contributed by atoms with E-state index in [1.54, 1.807) is 0 Å². The Morgan fingerprint density at radius 3 is 2.45 bits per heavy atom. The zero-order valence-corrected chi connectivity index (χ0v) is 16.7. The van der Waals surface area contributed by atoms with Crippen molar-refractivity contribution >= 4 is 11.8 Å². The highest BCUT2D eigenvalue weighted by atomic mass is 16.2. The van der Waals surface area contributed by atoms with Crippen molar-refractivity contribution in [1.82, 2.24) is 15.5 Å². The lowest BCUT2D eigenvalue weighted by Crippen LogP contribution is -2.52. The number of nitrogens with one attached hydrogen (secondary N) is 2. The fourth-order valence-corrected chi connectivity index (χ4v) is 4.54. The first-order valence-electron chi connectivity index (χ1n) is 10.6. The average molecular weight is 392 g/mol. The minimum atomic E-state index is -0.241. The van der Waals surface area contributed by atoms with E-state index in [-0.39, 0.29) is 29.8 Å². The molecule has 29 heavy (non-hydrogen) atoms. The molecule has 0 spiro atoms. The number of nitrogens with zero attached hydrogens (tertiary/aromatic N) is 1. The third-order valence-corrected chi connectivity index (χ3v) is 6.02. The summed E-state index contributed by atoms with van der Waals surface area (Å²) in [7, 11) is 0. The maximum absolute atomic E-state index is 13.3. The number of carbonyl (C=O) groups is 2. The van der Waals surface area contributed by atoms with Gasteiger partial charge < -0.3 is 15.5 Å². The molecule has 0 saturated carbocycles. The van der Waals surface area contributed by atoms with E-state index in [0.29, 0.717) is 19.4 Å². The molecule has 2 aromatic rings. The topological polar surface area (TPSA) is 61.4 Å². The molecule has 152 valence electrons. The van der Waals surface area contributed by atoms with Crippen LogP contribution < -0.4 is 10.6 Å². The van der Waals surface area contributed by atoms with Crippen LogP contribution in [0.25, 0.3) is 0 Å². The Hall–Kier alpha value is -2.66. The van der Waals surface area contributed by atoms with Crippen LogP contribution in [0.2, 0.25) is 0 Å². The summed E-state index contributed by atoms with van der Waals surface area (Å²) in [6, 6.07) is 19.9. The van der Waals surface area contributed by atoms with Crippen molar-refractivity contribution < 1.29 is 9.59 Å². The second-order valence-corrected chi connectivity index (χ2v) is 8.06. The third-order valence-electron chi connectivity index (χ3n) is 6.02. The summed E-state index contributed by atoms with van der Waals surface area (Å²) in [6.07, 6.45) is 3.09. The number of amides is 2. The molecule has 2 heterocycles. The highest BCUT2D eigenvalue weighted by Crippen LogP contribution is 2.38. The fourth-order valence-electron chi connectivity index (χ4n) is 4.54. The van der Waals surface area contributed by atoms with Gasteiger partial charge >= 0.3 is 0 Å². The van der Waals surface area contributed by atoms with Gasteiger partial charge in [0.15, 0.2) is 0 Å². The van der Waals surface area contributed by atoms with E-state index in [2.05, 4.69) is 10.6 Å². The predicted molar refractivity (Wildman–Crippen MR) is 113 cm³/mol. The van der Waals surface area contributed by atoms with E-state index in [0.717, 1.165) is 37.1 Å². The minimum Gasteiger partial charge on any atom is -0.352 e. The Labute approximate surface area is 172 Å². The van der Waals surface area contributed by atoms with Crippen LogP contribution in [0.4, 0.5) is 0 Å². The molecule has 0 aliphatic carbocycles. The molecule has 2 saturated heterocycles. The number of benzene rings is 2. The Kier molecular flexibility index (Phi) is 6.25. The summed E-state index contributed by atoms with van der Waals surface area (Å²) >= 11 is 0. The van der Waals surface area contributed by atoms with Crippen LogP contribution in [-0.4, -0.2) is 35.8 Å². The molecular formula is C24H29N3O2. The molecule has 2 aliphatic rings. The maximum atomic E-state index is 13.3. The Morgan fingerprint density at radius 1 is 1.03 bits per heavy atom. The zero-order chi connectivity index (χ0) is 20.1. The lowest BCUT2D eigenvalue weighted by molar-refractivity contribution is -0.144. The van der Waals surface area contributed by atoms with Crippen LogP contribution >= 0.6 is 0 Å². The molecule has 5 nitrogen and oxygen atoms in total. The van der Waals surface area contributed by atoms with Gasteiger partial charge in [0.25, 0.3) is 0 Å². The summed E-state index contributed by atoms with van der Waals surface area (Å²) < 4.78 is 0. The SMILES string of the molecule is O=C(NC1CCCNC1)C1CCC(=O)N(Cc2ccccc2)C1c1ccccc1. The average Bonchev–Trinajstić information content (AvgIpc) is 2.77. The summed E-state index contributed by atoms with van der Waals surface area (Å²) in [4.78, 5) is 28.1. The second-order valence-electron chi connectivity index (χ2n) is 8.06. The van der Waals surface area contributed by atoms with Gasteiger partial charge in [0, 0.05) is 25.6 Å². The number of likely N-dealkylation sites (tertiary alicyclic amines) is 1. The van der Waals surface area contributed by atoms with Gasteiger partial charge in [-0.3, -0.25) is 9.59 Å². The van der Waals surface area contributed by atoms with E-state index >= 15 is 0 Å². The van der Waals surface area contributed by atoms with Gasteiger partial charge in [-0.1, -0.05) is 60.7 Å². The first-order valence-corrected chi connectivity index (χ1v) is 10.6. The van der Waals surface area contributed by atoms with Crippen LogP contribution in [0.5, 0.6) is 0 Å². The summed E-state index contributed by atoms with van der Waals surface area (Å²) in [5, 5.41) is 6.60. The van der Waals surface area contributed by atoms with Crippen LogP contribution in [-0.2, 0) is 16.1 Å². The van der Waals surface area contributed by atoms with Crippen molar-refractivity contribution in [3.8, 4) is 0 Å². The summed E-state index contributed by atoms with van der Waals surface area (Å²) in [5.74, 6) is -0.0510. The molecule has 2 fully saturated rings. The number of hydrogen-bond acceptors (Lipinski definition) is 3. The molecule has 2 aliphatic heterocycles. The van der Waals surface area contributed by atoms with Crippen LogP contribution in [0.15, 0.2) is 60.7 Å². The van der Waals surface area contributed by atoms with Gasteiger partial charge in [-0.05, 0) is 36.9 Å². The predicted octanol–water partition coefficient (Wildman–Crippen LogP) is 3.03. The number of carbonyl (C=O) groups excluding carboxylic acids is 2. The lowest BCUT2D eigenvalue weighted by atomic mass is 9.83. The van der Waals surface area contributed by atoms with Crippen LogP contribution in [0.3, 0.4) is 0 Å². The molecule has 5 heteroatoms. The van der Waals surface area contributed by atoms with Crippen LogP contribution in [0.1, 0.15) is 42.9 Å². The van der Waals surface area contributed by atoms with Crippen molar-refractivity contribution in [2.45, 2.75) is 44.3 Å². The van der Waals surface area contributed by atoms with Crippen LogP contribution in [0, 0.1) is 5.92 Å². The second kappa shape index (κ2) is 9.23. The van der Waals surface area contributed by atoms with E-state index in [1.165, 1.54) is 0 Å². The van der Waals surface area contributed by atoms with Crippen molar-refractivity contribution in [3.05, 3.63) is 71.8 Å². The van der Waals surface area contributed by atoms with Gasteiger partial charge in [-0.25, -0.2) is 0 Å². The fraction of sp³-hybridized carbons (Fsp3) is 0.417. The first-order chi connectivity index (χ1) is 14.2. The molecule has 4 rings (SSSR count). The van der Waals surface area contributed by atoms with E-state index in [4.69, 9.17) is 0 Å². The molecule has 0 radical (unpaired) electrons. The molecule has 0 bridgehead atoms. The Morgan fingerprint density at radius 2 is 1.76 bits per heavy atom. The quantitative estimate of drug-likeness (QED) is 0.824. The molecule has 3 atom stereocenters. The highest BCUT2D eigenvalue weighted by molar-refractivity contribution is 5.85. The van der Waals surface area contributed by atoms with Gasteiger partial charge in [-0.15, -0.1) is 0 Å². The molecule has 2 aromatic carbocycles.